The van der Waals surface area contributed by atoms with Gasteiger partial charge in [-0.3, -0.25) is 0 Å². The van der Waals surface area contributed by atoms with E-state index in [-0.39, 0.29) is 6.61 Å². The molecule has 4 nitrogen and oxygen atoms in total. The van der Waals surface area contributed by atoms with Gasteiger partial charge in [-0.25, -0.2) is 9.37 Å². The van der Waals surface area contributed by atoms with Gasteiger partial charge in [0.05, 0.1) is 6.61 Å². The molecule has 1 aliphatic heterocycles. The molecular formula is C16H26FN3O. The first-order valence-corrected chi connectivity index (χ1v) is 7.86. The second kappa shape index (κ2) is 8.95. The SMILES string of the molecule is COCC(F)CNCCCCc1ccc2c(n1)NCCC2. The number of pyridine rings is 1. The smallest absolute Gasteiger partial charge is 0.136 e. The number of hydrogen-bond donors (Lipinski definition) is 2. The van der Waals surface area contributed by atoms with Crippen molar-refractivity contribution in [1.29, 1.82) is 0 Å². The van der Waals surface area contributed by atoms with Crippen LogP contribution in [0.2, 0.25) is 0 Å². The maximum atomic E-state index is 13.1. The quantitative estimate of drug-likeness (QED) is 0.687. The molecule has 0 saturated heterocycles. The third-order valence-electron chi connectivity index (χ3n) is 3.70. The molecule has 0 radical (unpaired) electrons. The molecule has 2 heterocycles. The molecule has 2 rings (SSSR count). The summed E-state index contributed by atoms with van der Waals surface area (Å²) >= 11 is 0. The fourth-order valence-corrected chi connectivity index (χ4v) is 2.56. The second-order valence-electron chi connectivity index (χ2n) is 5.55. The number of nitrogens with zero attached hydrogens (tertiary/aromatic N) is 1. The van der Waals surface area contributed by atoms with E-state index in [2.05, 4.69) is 27.8 Å². The number of anilines is 1. The zero-order valence-electron chi connectivity index (χ0n) is 12.8. The standard InChI is InChI=1S/C16H26FN3O/c1-21-12-14(17)11-18-9-3-2-6-15-8-7-13-5-4-10-19-16(13)20-15/h7-8,14,18H,2-6,9-12H2,1H3,(H,19,20). The molecule has 5 heteroatoms. The third kappa shape index (κ3) is 5.59. The maximum absolute atomic E-state index is 13.1. The first kappa shape index (κ1) is 16.2. The van der Waals surface area contributed by atoms with Crippen LogP contribution in [0.4, 0.5) is 10.2 Å². The lowest BCUT2D eigenvalue weighted by atomic mass is 10.1. The van der Waals surface area contributed by atoms with E-state index >= 15 is 0 Å². The van der Waals surface area contributed by atoms with Gasteiger partial charge in [-0.2, -0.15) is 0 Å². The van der Waals surface area contributed by atoms with Gasteiger partial charge in [0.25, 0.3) is 0 Å². The molecule has 0 fully saturated rings. The maximum Gasteiger partial charge on any atom is 0.136 e. The monoisotopic (exact) mass is 295 g/mol. The molecule has 0 amide bonds. The lowest BCUT2D eigenvalue weighted by molar-refractivity contribution is 0.123. The highest BCUT2D eigenvalue weighted by Crippen LogP contribution is 2.20. The van der Waals surface area contributed by atoms with Crippen molar-refractivity contribution >= 4 is 5.82 Å². The van der Waals surface area contributed by atoms with Gasteiger partial charge in [0.1, 0.15) is 12.0 Å². The molecule has 1 aliphatic rings. The van der Waals surface area contributed by atoms with Gasteiger partial charge in [-0.15, -0.1) is 0 Å². The van der Waals surface area contributed by atoms with E-state index in [9.17, 15) is 4.39 Å². The van der Waals surface area contributed by atoms with Crippen molar-refractivity contribution in [3.05, 3.63) is 23.4 Å². The number of halogens is 1. The molecule has 2 N–H and O–H groups in total. The highest BCUT2D eigenvalue weighted by molar-refractivity contribution is 5.46. The van der Waals surface area contributed by atoms with E-state index in [1.54, 1.807) is 0 Å². The van der Waals surface area contributed by atoms with Crippen LogP contribution < -0.4 is 10.6 Å². The highest BCUT2D eigenvalue weighted by atomic mass is 19.1. The fourth-order valence-electron chi connectivity index (χ4n) is 2.56. The lowest BCUT2D eigenvalue weighted by Gasteiger charge is -2.17. The Balaban J connectivity index is 1.60. The Hall–Kier alpha value is -1.20. The topological polar surface area (TPSA) is 46.2 Å². The van der Waals surface area contributed by atoms with Gasteiger partial charge in [0.2, 0.25) is 0 Å². The Morgan fingerprint density at radius 3 is 3.19 bits per heavy atom. The summed E-state index contributed by atoms with van der Waals surface area (Å²) in [4.78, 5) is 4.68. The summed E-state index contributed by atoms with van der Waals surface area (Å²) in [7, 11) is 1.52. The number of methoxy groups -OCH3 is 1. The number of fused-ring (bicyclic) bond motifs is 1. The number of aryl methyl sites for hydroxylation is 2. The zero-order chi connectivity index (χ0) is 14.9. The molecule has 0 aliphatic carbocycles. The van der Waals surface area contributed by atoms with Crippen LogP contribution in [0.5, 0.6) is 0 Å². The van der Waals surface area contributed by atoms with Crippen molar-refractivity contribution in [1.82, 2.24) is 10.3 Å². The third-order valence-corrected chi connectivity index (χ3v) is 3.70. The number of rotatable bonds is 9. The number of unbranched alkanes of at least 4 members (excludes halogenated alkanes) is 1. The summed E-state index contributed by atoms with van der Waals surface area (Å²) in [5.74, 6) is 1.07. The van der Waals surface area contributed by atoms with E-state index in [0.717, 1.165) is 50.3 Å². The van der Waals surface area contributed by atoms with Crippen LogP contribution in [-0.2, 0) is 17.6 Å². The summed E-state index contributed by atoms with van der Waals surface area (Å²) in [5.41, 5.74) is 2.48. The van der Waals surface area contributed by atoms with Crippen molar-refractivity contribution in [2.75, 3.05) is 38.7 Å². The number of aromatic nitrogens is 1. The lowest BCUT2D eigenvalue weighted by Crippen LogP contribution is -2.27. The molecule has 0 bridgehead atoms. The second-order valence-corrected chi connectivity index (χ2v) is 5.55. The van der Waals surface area contributed by atoms with Crippen LogP contribution in [-0.4, -0.2) is 44.5 Å². The summed E-state index contributed by atoms with van der Waals surface area (Å²) in [6.07, 6.45) is 4.49. The van der Waals surface area contributed by atoms with Crippen LogP contribution in [0, 0.1) is 0 Å². The van der Waals surface area contributed by atoms with Crippen molar-refractivity contribution in [3.8, 4) is 0 Å². The number of hydrogen-bond acceptors (Lipinski definition) is 4. The van der Waals surface area contributed by atoms with Crippen LogP contribution >= 0.6 is 0 Å². The van der Waals surface area contributed by atoms with Crippen molar-refractivity contribution in [2.45, 2.75) is 38.3 Å². The van der Waals surface area contributed by atoms with Gasteiger partial charge in [0.15, 0.2) is 0 Å². The van der Waals surface area contributed by atoms with Crippen LogP contribution in [0.15, 0.2) is 12.1 Å². The van der Waals surface area contributed by atoms with E-state index < -0.39 is 6.17 Å². The summed E-state index contributed by atoms with van der Waals surface area (Å²) < 4.78 is 17.9. The predicted molar refractivity (Wildman–Crippen MR) is 83.6 cm³/mol. The van der Waals surface area contributed by atoms with Crippen molar-refractivity contribution in [3.63, 3.8) is 0 Å². The van der Waals surface area contributed by atoms with Gasteiger partial charge in [-0.1, -0.05) is 6.07 Å². The van der Waals surface area contributed by atoms with Gasteiger partial charge in [0, 0.05) is 25.9 Å². The number of alkyl halides is 1. The Bertz CT molecular complexity index is 428. The fraction of sp³-hybridized carbons (Fsp3) is 0.688. The van der Waals surface area contributed by atoms with Crippen LogP contribution in [0.3, 0.4) is 0 Å². The average molecular weight is 295 g/mol. The first-order chi connectivity index (χ1) is 10.3. The minimum Gasteiger partial charge on any atom is -0.382 e. The Kier molecular flexibility index (Phi) is 6.89. The summed E-state index contributed by atoms with van der Waals surface area (Å²) in [6, 6.07) is 4.33. The molecule has 0 spiro atoms. The summed E-state index contributed by atoms with van der Waals surface area (Å²) in [5, 5.41) is 6.48. The molecule has 0 saturated carbocycles. The minimum atomic E-state index is -0.914. The van der Waals surface area contributed by atoms with Gasteiger partial charge >= 0.3 is 0 Å². The van der Waals surface area contributed by atoms with E-state index in [1.165, 1.54) is 19.1 Å². The Labute approximate surface area is 126 Å². The van der Waals surface area contributed by atoms with Crippen LogP contribution in [0.25, 0.3) is 0 Å². The molecule has 1 unspecified atom stereocenters. The summed E-state index contributed by atoms with van der Waals surface area (Å²) in [6.45, 7) is 2.40. The van der Waals surface area contributed by atoms with Gasteiger partial charge < -0.3 is 15.4 Å². The highest BCUT2D eigenvalue weighted by Gasteiger charge is 2.10. The number of nitrogens with one attached hydrogen (secondary N) is 2. The van der Waals surface area contributed by atoms with E-state index in [4.69, 9.17) is 4.74 Å². The molecule has 118 valence electrons. The zero-order valence-corrected chi connectivity index (χ0v) is 12.8. The normalized spacial score (nSPS) is 15.3. The largest absolute Gasteiger partial charge is 0.382 e. The molecular weight excluding hydrogens is 269 g/mol. The molecule has 0 aromatic carbocycles. The molecule has 1 aromatic rings. The Morgan fingerprint density at radius 1 is 1.43 bits per heavy atom. The minimum absolute atomic E-state index is 0.166. The molecule has 1 atom stereocenters. The molecule has 1 aromatic heterocycles. The van der Waals surface area contributed by atoms with Crippen LogP contribution in [0.1, 0.15) is 30.5 Å². The van der Waals surface area contributed by atoms with Crippen molar-refractivity contribution in [2.24, 2.45) is 0 Å². The first-order valence-electron chi connectivity index (χ1n) is 7.86. The van der Waals surface area contributed by atoms with Gasteiger partial charge in [-0.05, 0) is 50.3 Å². The Morgan fingerprint density at radius 2 is 2.33 bits per heavy atom. The molecule has 21 heavy (non-hydrogen) atoms. The number of ether oxygens (including phenoxy) is 1. The predicted octanol–water partition coefficient (Wildman–Crippen LogP) is 2.34. The van der Waals surface area contributed by atoms with Crippen molar-refractivity contribution < 1.29 is 9.13 Å². The average Bonchev–Trinajstić information content (AvgIpc) is 2.51. The van der Waals surface area contributed by atoms with E-state index in [1.807, 2.05) is 0 Å². The van der Waals surface area contributed by atoms with E-state index in [0.29, 0.717) is 6.54 Å².